The van der Waals surface area contributed by atoms with Crippen molar-refractivity contribution in [2.75, 3.05) is 0 Å². The SMILES string of the molecule is C=CC[C@H]1[C@H](C)[C@@H](C)[C@H](SO)[S@@]1=O. The van der Waals surface area contributed by atoms with Crippen molar-refractivity contribution in [1.29, 1.82) is 0 Å². The van der Waals surface area contributed by atoms with Gasteiger partial charge in [-0.15, -0.1) is 6.58 Å². The first kappa shape index (κ1) is 11.3. The highest BCUT2D eigenvalue weighted by molar-refractivity contribution is 8.08. The average Bonchev–Trinajstić information content (AvgIpc) is 2.31. The fourth-order valence-electron chi connectivity index (χ4n) is 1.79. The van der Waals surface area contributed by atoms with E-state index in [4.69, 9.17) is 4.55 Å². The van der Waals surface area contributed by atoms with E-state index >= 15 is 0 Å². The maximum atomic E-state index is 11.8. The molecule has 13 heavy (non-hydrogen) atoms. The quantitative estimate of drug-likeness (QED) is 0.586. The van der Waals surface area contributed by atoms with Gasteiger partial charge in [0.2, 0.25) is 0 Å². The largest absolute Gasteiger partial charge is 0.329 e. The molecule has 1 fully saturated rings. The van der Waals surface area contributed by atoms with E-state index in [-0.39, 0.29) is 9.83 Å². The Hall–Kier alpha value is 0.200. The molecule has 0 aromatic carbocycles. The summed E-state index contributed by atoms with van der Waals surface area (Å²) < 4.78 is 20.7. The molecule has 0 aromatic heterocycles. The second-order valence-electron chi connectivity index (χ2n) is 3.58. The molecule has 0 spiro atoms. The summed E-state index contributed by atoms with van der Waals surface area (Å²) in [7, 11) is -0.917. The lowest BCUT2D eigenvalue weighted by atomic mass is 9.93. The molecule has 1 N–H and O–H groups in total. The summed E-state index contributed by atoms with van der Waals surface area (Å²) in [5.74, 6) is 0.726. The predicted molar refractivity (Wildman–Crippen MR) is 59.1 cm³/mol. The number of allylic oxidation sites excluding steroid dienone is 1. The van der Waals surface area contributed by atoms with Crippen LogP contribution in [0.1, 0.15) is 20.3 Å². The molecule has 4 heteroatoms. The van der Waals surface area contributed by atoms with E-state index in [1.54, 1.807) is 0 Å². The second kappa shape index (κ2) is 4.62. The minimum atomic E-state index is -0.917. The lowest BCUT2D eigenvalue weighted by Gasteiger charge is -2.14. The molecule has 1 aliphatic rings. The number of hydrogen-bond donors (Lipinski definition) is 1. The summed E-state index contributed by atoms with van der Waals surface area (Å²) in [6.45, 7) is 7.82. The van der Waals surface area contributed by atoms with Gasteiger partial charge in [0.25, 0.3) is 0 Å². The molecule has 0 bridgehead atoms. The van der Waals surface area contributed by atoms with Crippen molar-refractivity contribution in [1.82, 2.24) is 0 Å². The van der Waals surface area contributed by atoms with Crippen molar-refractivity contribution >= 4 is 22.8 Å². The molecular weight excluding hydrogens is 204 g/mol. The van der Waals surface area contributed by atoms with E-state index in [1.807, 2.05) is 6.08 Å². The zero-order chi connectivity index (χ0) is 10.0. The first-order chi connectivity index (χ1) is 6.13. The summed E-state index contributed by atoms with van der Waals surface area (Å²) in [4.78, 5) is 0. The van der Waals surface area contributed by atoms with Gasteiger partial charge in [0.15, 0.2) is 0 Å². The molecule has 76 valence electrons. The van der Waals surface area contributed by atoms with Gasteiger partial charge in [0, 0.05) is 28.1 Å². The standard InChI is InChI=1S/C9H16O2S2/c1-4-5-8-6(2)7(3)9(12-10)13(8)11/h4,6-10H,1,5H2,2-3H3/t6-,7-,8+,9-,13-/m1/s1. The minimum absolute atomic E-state index is 0.111. The topological polar surface area (TPSA) is 37.3 Å². The van der Waals surface area contributed by atoms with Crippen LogP contribution in [-0.2, 0) is 10.8 Å². The van der Waals surface area contributed by atoms with E-state index in [0.29, 0.717) is 11.8 Å². The summed E-state index contributed by atoms with van der Waals surface area (Å²) in [6, 6.07) is 0. The van der Waals surface area contributed by atoms with Gasteiger partial charge in [0.05, 0.1) is 0 Å². The Morgan fingerprint density at radius 2 is 2.15 bits per heavy atom. The fraction of sp³-hybridized carbons (Fsp3) is 0.778. The van der Waals surface area contributed by atoms with Crippen LogP contribution >= 0.6 is 12.0 Å². The Morgan fingerprint density at radius 1 is 1.54 bits per heavy atom. The Balaban J connectivity index is 2.77. The molecule has 0 aromatic rings. The van der Waals surface area contributed by atoms with Gasteiger partial charge >= 0.3 is 0 Å². The first-order valence-corrected chi connectivity index (χ1v) is 6.55. The van der Waals surface area contributed by atoms with Gasteiger partial charge in [-0.05, 0) is 18.3 Å². The van der Waals surface area contributed by atoms with Crippen molar-refractivity contribution in [2.45, 2.75) is 30.1 Å². The van der Waals surface area contributed by atoms with Gasteiger partial charge in [-0.1, -0.05) is 19.9 Å². The van der Waals surface area contributed by atoms with Gasteiger partial charge in [-0.25, -0.2) is 0 Å². The maximum Gasteiger partial charge on any atom is 0.109 e. The van der Waals surface area contributed by atoms with Crippen molar-refractivity contribution in [3.8, 4) is 0 Å². The van der Waals surface area contributed by atoms with Crippen molar-refractivity contribution in [3.05, 3.63) is 12.7 Å². The highest BCUT2D eigenvalue weighted by Gasteiger charge is 2.44. The fourth-order valence-corrected chi connectivity index (χ4v) is 5.01. The molecule has 1 aliphatic heterocycles. The van der Waals surface area contributed by atoms with E-state index in [0.717, 1.165) is 18.5 Å². The van der Waals surface area contributed by atoms with Crippen LogP contribution in [0.25, 0.3) is 0 Å². The third-order valence-corrected chi connectivity index (χ3v) is 6.45. The highest BCUT2D eigenvalue weighted by Crippen LogP contribution is 2.40. The van der Waals surface area contributed by atoms with E-state index < -0.39 is 10.8 Å². The zero-order valence-corrected chi connectivity index (χ0v) is 9.61. The van der Waals surface area contributed by atoms with E-state index in [9.17, 15) is 4.21 Å². The van der Waals surface area contributed by atoms with E-state index in [2.05, 4.69) is 20.4 Å². The minimum Gasteiger partial charge on any atom is -0.329 e. The summed E-state index contributed by atoms with van der Waals surface area (Å²) >= 11 is 0.748. The number of rotatable bonds is 3. The van der Waals surface area contributed by atoms with E-state index in [1.165, 1.54) is 0 Å². The molecular formula is C9H16O2S2. The van der Waals surface area contributed by atoms with Crippen LogP contribution in [0.15, 0.2) is 12.7 Å². The first-order valence-electron chi connectivity index (χ1n) is 4.44. The molecule has 0 aliphatic carbocycles. The lowest BCUT2D eigenvalue weighted by Crippen LogP contribution is -2.16. The van der Waals surface area contributed by atoms with Crippen LogP contribution in [0, 0.1) is 11.8 Å². The van der Waals surface area contributed by atoms with Crippen molar-refractivity contribution in [3.63, 3.8) is 0 Å². The third kappa shape index (κ3) is 2.00. The molecule has 1 rings (SSSR count). The van der Waals surface area contributed by atoms with Crippen LogP contribution in [0.5, 0.6) is 0 Å². The Labute approximate surface area is 86.5 Å². The summed E-state index contributed by atoms with van der Waals surface area (Å²) in [5, 5.41) is 0.178. The average molecular weight is 220 g/mol. The Kier molecular flexibility index (Phi) is 4.01. The molecule has 1 heterocycles. The highest BCUT2D eigenvalue weighted by atomic mass is 32.2. The summed E-state index contributed by atoms with van der Waals surface area (Å²) in [6.07, 6.45) is 2.60. The zero-order valence-electron chi connectivity index (χ0n) is 7.97. The predicted octanol–water partition coefficient (Wildman–Crippen LogP) is 2.50. The molecule has 0 radical (unpaired) electrons. The third-order valence-electron chi connectivity index (χ3n) is 2.88. The molecule has 0 unspecified atom stereocenters. The molecule has 1 saturated heterocycles. The van der Waals surface area contributed by atoms with Gasteiger partial charge < -0.3 is 4.55 Å². The van der Waals surface area contributed by atoms with Crippen LogP contribution in [0.4, 0.5) is 0 Å². The molecule has 0 amide bonds. The number of hydrogen-bond acceptors (Lipinski definition) is 3. The van der Waals surface area contributed by atoms with Crippen LogP contribution in [0.2, 0.25) is 0 Å². The van der Waals surface area contributed by atoms with Crippen LogP contribution < -0.4 is 0 Å². The van der Waals surface area contributed by atoms with Crippen molar-refractivity contribution < 1.29 is 8.76 Å². The normalized spacial score (nSPS) is 45.0. The smallest absolute Gasteiger partial charge is 0.109 e. The van der Waals surface area contributed by atoms with Crippen LogP contribution in [0.3, 0.4) is 0 Å². The Bertz CT molecular complexity index is 218. The summed E-state index contributed by atoms with van der Waals surface area (Å²) in [5.41, 5.74) is 0. The van der Waals surface area contributed by atoms with Crippen molar-refractivity contribution in [2.24, 2.45) is 11.8 Å². The van der Waals surface area contributed by atoms with Gasteiger partial charge in [-0.3, -0.25) is 4.21 Å². The van der Waals surface area contributed by atoms with Crippen LogP contribution in [-0.4, -0.2) is 18.6 Å². The molecule has 5 atom stereocenters. The lowest BCUT2D eigenvalue weighted by molar-refractivity contribution is 0.423. The Morgan fingerprint density at radius 3 is 2.54 bits per heavy atom. The molecule has 2 nitrogen and oxygen atoms in total. The second-order valence-corrected chi connectivity index (χ2v) is 6.37. The van der Waals surface area contributed by atoms with Gasteiger partial charge in [0.1, 0.15) is 4.58 Å². The maximum absolute atomic E-state index is 11.8. The molecule has 0 saturated carbocycles. The monoisotopic (exact) mass is 220 g/mol. The van der Waals surface area contributed by atoms with Gasteiger partial charge in [-0.2, -0.15) is 0 Å².